The number of carbonyl (C=O) groups is 3. The average Bonchev–Trinajstić information content (AvgIpc) is 3.37. The molecule has 2 aliphatic heterocycles. The van der Waals surface area contributed by atoms with Gasteiger partial charge < -0.3 is 5.32 Å². The van der Waals surface area contributed by atoms with Crippen LogP contribution in [-0.4, -0.2) is 32.5 Å². The first-order valence-corrected chi connectivity index (χ1v) is 13.5. The van der Waals surface area contributed by atoms with Gasteiger partial charge in [0, 0.05) is 28.9 Å². The first kappa shape index (κ1) is 25.1. The maximum absolute atomic E-state index is 13.7. The van der Waals surface area contributed by atoms with Gasteiger partial charge >= 0.3 is 4.87 Å². The van der Waals surface area contributed by atoms with Crippen LogP contribution < -0.4 is 15.1 Å². The van der Waals surface area contributed by atoms with E-state index in [1.807, 2.05) is 0 Å². The van der Waals surface area contributed by atoms with Gasteiger partial charge in [0.15, 0.2) is 0 Å². The van der Waals surface area contributed by atoms with Gasteiger partial charge in [-0.3, -0.25) is 28.7 Å². The molecule has 6 rings (SSSR count). The number of benzene rings is 2. The van der Waals surface area contributed by atoms with Crippen LogP contribution in [0.25, 0.3) is 0 Å². The van der Waals surface area contributed by atoms with Gasteiger partial charge in [0.1, 0.15) is 23.4 Å². The lowest BCUT2D eigenvalue weighted by atomic mass is 9.84. The van der Waals surface area contributed by atoms with Gasteiger partial charge in [0.25, 0.3) is 0 Å². The Kier molecular flexibility index (Phi) is 6.35. The molecular weight excluding hydrogens is 546 g/mol. The van der Waals surface area contributed by atoms with Gasteiger partial charge in [-0.05, 0) is 60.2 Å². The lowest BCUT2D eigenvalue weighted by Gasteiger charge is -2.30. The zero-order valence-electron chi connectivity index (χ0n) is 19.9. The number of carbonyl (C=O) groups excluding carboxylic acids is 3. The minimum absolute atomic E-state index is 0.255. The van der Waals surface area contributed by atoms with E-state index in [-0.39, 0.29) is 12.2 Å². The molecule has 4 heterocycles. The molecule has 39 heavy (non-hydrogen) atoms. The van der Waals surface area contributed by atoms with Gasteiger partial charge in [0.2, 0.25) is 17.7 Å². The highest BCUT2D eigenvalue weighted by atomic mass is 32.2. The summed E-state index contributed by atoms with van der Waals surface area (Å²) in [6.45, 7) is -0.337. The molecule has 8 nitrogen and oxygen atoms in total. The molecule has 2 aliphatic rings. The largest absolute Gasteiger partial charge is 0.325 e. The topological polar surface area (TPSA) is 101 Å². The Morgan fingerprint density at radius 1 is 0.949 bits per heavy atom. The third-order valence-electron chi connectivity index (χ3n) is 6.61. The van der Waals surface area contributed by atoms with Crippen LogP contribution >= 0.6 is 23.1 Å². The molecular formula is C27H18F2N4O4S2. The van der Waals surface area contributed by atoms with Gasteiger partial charge in [-0.15, -0.1) is 0 Å². The minimum atomic E-state index is -0.874. The van der Waals surface area contributed by atoms with E-state index in [9.17, 15) is 28.0 Å². The number of pyridine rings is 1. The van der Waals surface area contributed by atoms with E-state index in [4.69, 9.17) is 0 Å². The fourth-order valence-corrected chi connectivity index (χ4v) is 7.67. The Balaban J connectivity index is 1.39. The molecule has 196 valence electrons. The van der Waals surface area contributed by atoms with Crippen molar-refractivity contribution in [3.8, 4) is 0 Å². The first-order chi connectivity index (χ1) is 18.8. The predicted octanol–water partition coefficient (Wildman–Crippen LogP) is 4.02. The molecule has 2 unspecified atom stereocenters. The Labute approximate surface area is 228 Å². The van der Waals surface area contributed by atoms with Crippen molar-refractivity contribution in [2.24, 2.45) is 5.92 Å². The number of rotatable bonds is 5. The molecule has 0 bridgehead atoms. The van der Waals surface area contributed by atoms with Crippen LogP contribution in [0, 0.1) is 17.6 Å². The number of hydrogen-bond donors (Lipinski definition) is 1. The Bertz CT molecular complexity index is 1660. The summed E-state index contributed by atoms with van der Waals surface area (Å²) in [5.74, 6) is -3.87. The highest BCUT2D eigenvalue weighted by Gasteiger charge is 2.56. The zero-order valence-corrected chi connectivity index (χ0v) is 21.5. The second kappa shape index (κ2) is 9.86. The number of nitrogens with zero attached hydrogens (tertiary/aromatic N) is 3. The molecule has 4 aromatic rings. The molecule has 1 saturated heterocycles. The van der Waals surface area contributed by atoms with E-state index in [1.165, 1.54) is 53.1 Å². The lowest BCUT2D eigenvalue weighted by molar-refractivity contribution is -0.122. The Morgan fingerprint density at radius 3 is 2.31 bits per heavy atom. The van der Waals surface area contributed by atoms with E-state index >= 15 is 0 Å². The van der Waals surface area contributed by atoms with Crippen molar-refractivity contribution in [1.82, 2.24) is 9.55 Å². The fraction of sp³-hybridized carbons (Fsp3) is 0.148. The average molecular weight is 565 g/mol. The summed E-state index contributed by atoms with van der Waals surface area (Å²) in [5.41, 5.74) is 1.28. The second-order valence-electron chi connectivity index (χ2n) is 9.00. The smallest absolute Gasteiger partial charge is 0.308 e. The van der Waals surface area contributed by atoms with Gasteiger partial charge in [-0.1, -0.05) is 29.2 Å². The third-order valence-corrected chi connectivity index (χ3v) is 9.21. The normalized spacial score (nSPS) is 20.1. The van der Waals surface area contributed by atoms with E-state index in [0.29, 0.717) is 21.2 Å². The molecule has 0 radical (unpaired) electrons. The zero-order chi connectivity index (χ0) is 27.3. The Hall–Kier alpha value is -4.16. The summed E-state index contributed by atoms with van der Waals surface area (Å²) in [5, 5.41) is 2.19. The molecule has 3 amide bonds. The number of nitrogens with one attached hydrogen (secondary N) is 1. The summed E-state index contributed by atoms with van der Waals surface area (Å²) in [6, 6.07) is 13.8. The number of amides is 3. The summed E-state index contributed by atoms with van der Waals surface area (Å²) in [6.07, 6.45) is 3.18. The molecule has 3 atom stereocenters. The van der Waals surface area contributed by atoms with Gasteiger partial charge in [-0.2, -0.15) is 0 Å². The fourth-order valence-electron chi connectivity index (χ4n) is 4.90. The number of fused-ring (bicyclic) bond motifs is 2. The molecule has 2 aromatic heterocycles. The number of aromatic nitrogens is 2. The second-order valence-corrected chi connectivity index (χ2v) is 11.1. The van der Waals surface area contributed by atoms with E-state index in [1.54, 1.807) is 24.5 Å². The molecule has 2 aromatic carbocycles. The predicted molar refractivity (Wildman–Crippen MR) is 142 cm³/mol. The van der Waals surface area contributed by atoms with Crippen LogP contribution in [0.4, 0.5) is 20.2 Å². The quantitative estimate of drug-likeness (QED) is 0.368. The van der Waals surface area contributed by atoms with Crippen molar-refractivity contribution in [3.63, 3.8) is 0 Å². The number of thioether (sulfide) groups is 1. The van der Waals surface area contributed by atoms with Crippen LogP contribution in [0.3, 0.4) is 0 Å². The number of thiazole rings is 1. The number of imide groups is 1. The molecule has 1 N–H and O–H groups in total. The van der Waals surface area contributed by atoms with Gasteiger partial charge in [-0.25, -0.2) is 13.7 Å². The highest BCUT2D eigenvalue weighted by Crippen LogP contribution is 2.53. The SMILES string of the molecule is O=C(Cn1c2c(sc1=O)[C@H](c1cccnc1)C1C(=O)N(c3ccc(F)cc3)C(=O)C1S2)Nc1ccc(F)cc1. The van der Waals surface area contributed by atoms with Crippen molar-refractivity contribution in [2.75, 3.05) is 10.2 Å². The maximum Gasteiger partial charge on any atom is 0.308 e. The van der Waals surface area contributed by atoms with E-state index in [2.05, 4.69) is 10.3 Å². The summed E-state index contributed by atoms with van der Waals surface area (Å²) in [4.78, 5) is 58.7. The lowest BCUT2D eigenvalue weighted by Crippen LogP contribution is -2.33. The number of halogens is 2. The first-order valence-electron chi connectivity index (χ1n) is 11.8. The van der Waals surface area contributed by atoms with Crippen LogP contribution in [0.15, 0.2) is 82.9 Å². The summed E-state index contributed by atoms with van der Waals surface area (Å²) >= 11 is 1.99. The monoisotopic (exact) mass is 564 g/mol. The van der Waals surface area contributed by atoms with E-state index < -0.39 is 51.3 Å². The number of anilines is 2. The molecule has 12 heteroatoms. The minimum Gasteiger partial charge on any atom is -0.325 e. The molecule has 0 aliphatic carbocycles. The third kappa shape index (κ3) is 4.45. The van der Waals surface area contributed by atoms with Crippen LogP contribution in [0.5, 0.6) is 0 Å². The van der Waals surface area contributed by atoms with Crippen molar-refractivity contribution in [3.05, 3.63) is 105 Å². The van der Waals surface area contributed by atoms with Crippen LogP contribution in [0.2, 0.25) is 0 Å². The van der Waals surface area contributed by atoms with Crippen molar-refractivity contribution in [2.45, 2.75) is 22.7 Å². The highest BCUT2D eigenvalue weighted by molar-refractivity contribution is 8.00. The van der Waals surface area contributed by atoms with Crippen molar-refractivity contribution >= 4 is 52.2 Å². The summed E-state index contributed by atoms with van der Waals surface area (Å²) in [7, 11) is 0. The standard InChI is InChI=1S/C27H18F2N4O4S2/c28-15-3-7-17(8-4-15)31-19(34)13-32-26-23(39-27(32)37)20(14-2-1-11-30-12-14)21-22(38-26)25(36)33(24(21)35)18-9-5-16(29)6-10-18/h1-12,20-22H,13H2,(H,31,34)/t20-,21?,22?/m1/s1. The van der Waals surface area contributed by atoms with Crippen LogP contribution in [-0.2, 0) is 20.9 Å². The maximum atomic E-state index is 13.7. The van der Waals surface area contributed by atoms with Crippen molar-refractivity contribution in [1.29, 1.82) is 0 Å². The van der Waals surface area contributed by atoms with E-state index in [0.717, 1.165) is 28.0 Å². The molecule has 0 spiro atoms. The van der Waals surface area contributed by atoms with Crippen LogP contribution in [0.1, 0.15) is 16.4 Å². The summed E-state index contributed by atoms with van der Waals surface area (Å²) < 4.78 is 28.1. The Morgan fingerprint density at radius 2 is 1.64 bits per heavy atom. The van der Waals surface area contributed by atoms with Crippen molar-refractivity contribution < 1.29 is 23.2 Å². The van der Waals surface area contributed by atoms with Gasteiger partial charge in [0.05, 0.1) is 16.6 Å². The molecule has 1 fully saturated rings. The molecule has 0 saturated carbocycles. The number of hydrogen-bond acceptors (Lipinski definition) is 7.